The molecule has 0 saturated heterocycles. The zero-order chi connectivity index (χ0) is 14.8. The topological polar surface area (TPSA) is 92.7 Å². The highest BCUT2D eigenvalue weighted by Gasteiger charge is 2.17. The summed E-state index contributed by atoms with van der Waals surface area (Å²) in [4.78, 5) is 4.02. The van der Waals surface area contributed by atoms with E-state index in [0.717, 1.165) is 17.7 Å². The molecule has 0 amide bonds. The summed E-state index contributed by atoms with van der Waals surface area (Å²) in [7, 11) is -1.75. The average molecular weight is 297 g/mol. The molecule has 0 aliphatic carbocycles. The molecule has 2 N–H and O–H groups in total. The normalized spacial score (nSPS) is 11.9. The molecule has 0 radical (unpaired) electrons. The first-order valence-electron chi connectivity index (χ1n) is 6.38. The lowest BCUT2D eigenvalue weighted by molar-refractivity contribution is 0.575. The predicted molar refractivity (Wildman–Crippen MR) is 74.8 cm³/mol. The minimum absolute atomic E-state index is 0.0667. The van der Waals surface area contributed by atoms with Crippen LogP contribution >= 0.6 is 0 Å². The SMILES string of the molecule is Cc1[nH]ncc1CCCNS(=O)(=O)c1cn(C)c(C)n1. The quantitative estimate of drug-likeness (QED) is 0.767. The first kappa shape index (κ1) is 14.7. The van der Waals surface area contributed by atoms with Gasteiger partial charge < -0.3 is 4.57 Å². The van der Waals surface area contributed by atoms with Crippen molar-refractivity contribution in [2.75, 3.05) is 6.54 Å². The summed E-state index contributed by atoms with van der Waals surface area (Å²) in [6, 6.07) is 0. The Morgan fingerprint density at radius 3 is 2.70 bits per heavy atom. The third-order valence-electron chi connectivity index (χ3n) is 3.21. The molecule has 20 heavy (non-hydrogen) atoms. The van der Waals surface area contributed by atoms with E-state index in [1.165, 1.54) is 6.20 Å². The zero-order valence-electron chi connectivity index (χ0n) is 11.8. The number of H-pyrrole nitrogens is 1. The van der Waals surface area contributed by atoms with E-state index in [-0.39, 0.29) is 5.03 Å². The molecule has 0 saturated carbocycles. The van der Waals surface area contributed by atoms with E-state index in [9.17, 15) is 8.42 Å². The number of rotatable bonds is 6. The number of aromatic nitrogens is 4. The van der Waals surface area contributed by atoms with Crippen LogP contribution in [0.25, 0.3) is 0 Å². The van der Waals surface area contributed by atoms with Crippen molar-refractivity contribution in [1.29, 1.82) is 0 Å². The maximum Gasteiger partial charge on any atom is 0.259 e. The average Bonchev–Trinajstić information content (AvgIpc) is 2.93. The minimum atomic E-state index is -3.52. The van der Waals surface area contributed by atoms with Gasteiger partial charge in [0.15, 0.2) is 5.03 Å². The largest absolute Gasteiger partial charge is 0.337 e. The Morgan fingerprint density at radius 2 is 2.15 bits per heavy atom. The van der Waals surface area contributed by atoms with Gasteiger partial charge in [-0.3, -0.25) is 5.10 Å². The molecule has 0 unspecified atom stereocenters. The molecule has 2 aromatic heterocycles. The standard InChI is InChI=1S/C12H19N5O2S/c1-9-11(7-13-16-9)5-4-6-14-20(18,19)12-8-17(3)10(2)15-12/h7-8,14H,4-6H2,1-3H3,(H,13,16). The number of aromatic amines is 1. The monoisotopic (exact) mass is 297 g/mol. The number of aryl methyl sites for hydroxylation is 4. The molecule has 2 heterocycles. The molecule has 0 fully saturated rings. The van der Waals surface area contributed by atoms with Gasteiger partial charge in [0.05, 0.1) is 6.20 Å². The smallest absolute Gasteiger partial charge is 0.259 e. The van der Waals surface area contributed by atoms with Gasteiger partial charge in [-0.2, -0.15) is 5.10 Å². The van der Waals surface area contributed by atoms with Crippen LogP contribution in [0, 0.1) is 13.8 Å². The lowest BCUT2D eigenvalue weighted by Gasteiger charge is -2.03. The van der Waals surface area contributed by atoms with Crippen LogP contribution in [0.5, 0.6) is 0 Å². The number of hydrogen-bond donors (Lipinski definition) is 2. The fourth-order valence-corrected chi connectivity index (χ4v) is 2.95. The van der Waals surface area contributed by atoms with Gasteiger partial charge in [-0.25, -0.2) is 18.1 Å². The van der Waals surface area contributed by atoms with Gasteiger partial charge in [0.25, 0.3) is 10.0 Å². The van der Waals surface area contributed by atoms with E-state index >= 15 is 0 Å². The van der Waals surface area contributed by atoms with E-state index < -0.39 is 10.0 Å². The summed E-state index contributed by atoms with van der Waals surface area (Å²) < 4.78 is 28.3. The molecule has 0 bridgehead atoms. The summed E-state index contributed by atoms with van der Waals surface area (Å²) in [5.41, 5.74) is 2.13. The van der Waals surface area contributed by atoms with Crippen LogP contribution in [-0.2, 0) is 23.5 Å². The molecule has 7 nitrogen and oxygen atoms in total. The van der Waals surface area contributed by atoms with Crippen LogP contribution < -0.4 is 4.72 Å². The summed E-state index contributed by atoms with van der Waals surface area (Å²) in [5, 5.41) is 6.86. The van der Waals surface area contributed by atoms with E-state index in [1.807, 2.05) is 6.92 Å². The molecule has 8 heteroatoms. The van der Waals surface area contributed by atoms with Gasteiger partial charge >= 0.3 is 0 Å². The second-order valence-corrected chi connectivity index (χ2v) is 6.47. The fourth-order valence-electron chi connectivity index (χ4n) is 1.84. The van der Waals surface area contributed by atoms with Crippen LogP contribution in [0.1, 0.15) is 23.5 Å². The summed E-state index contributed by atoms with van der Waals surface area (Å²) in [5.74, 6) is 0.666. The van der Waals surface area contributed by atoms with Crippen molar-refractivity contribution in [3.8, 4) is 0 Å². The highest BCUT2D eigenvalue weighted by atomic mass is 32.2. The van der Waals surface area contributed by atoms with Gasteiger partial charge in [0.2, 0.25) is 0 Å². The van der Waals surface area contributed by atoms with Crippen molar-refractivity contribution < 1.29 is 8.42 Å². The molecule has 0 aromatic carbocycles. The summed E-state index contributed by atoms with van der Waals surface area (Å²) in [6.45, 7) is 4.09. The Bertz CT molecular complexity index is 667. The Morgan fingerprint density at radius 1 is 1.40 bits per heavy atom. The van der Waals surface area contributed by atoms with Crippen LogP contribution in [0.3, 0.4) is 0 Å². The number of imidazole rings is 1. The van der Waals surface area contributed by atoms with Gasteiger partial charge in [-0.05, 0) is 32.3 Å². The highest BCUT2D eigenvalue weighted by Crippen LogP contribution is 2.08. The summed E-state index contributed by atoms with van der Waals surface area (Å²) >= 11 is 0. The maximum atomic E-state index is 12.0. The Labute approximate surface area is 118 Å². The fraction of sp³-hybridized carbons (Fsp3) is 0.500. The maximum absolute atomic E-state index is 12.0. The van der Waals surface area contributed by atoms with Crippen LogP contribution in [-0.4, -0.2) is 34.7 Å². The predicted octanol–water partition coefficient (Wildman–Crippen LogP) is 0.671. The lowest BCUT2D eigenvalue weighted by Crippen LogP contribution is -2.25. The van der Waals surface area contributed by atoms with Crippen molar-refractivity contribution in [2.45, 2.75) is 31.7 Å². The molecule has 2 aromatic rings. The molecule has 2 rings (SSSR count). The van der Waals surface area contributed by atoms with Crippen LogP contribution in [0.2, 0.25) is 0 Å². The van der Waals surface area contributed by atoms with Crippen molar-refractivity contribution in [3.05, 3.63) is 29.5 Å². The Balaban J connectivity index is 1.88. The number of nitrogens with one attached hydrogen (secondary N) is 2. The van der Waals surface area contributed by atoms with Crippen LogP contribution in [0.15, 0.2) is 17.4 Å². The van der Waals surface area contributed by atoms with E-state index in [1.54, 1.807) is 24.7 Å². The number of sulfonamides is 1. The van der Waals surface area contributed by atoms with E-state index in [0.29, 0.717) is 18.8 Å². The first-order chi connectivity index (χ1) is 9.40. The van der Waals surface area contributed by atoms with Gasteiger partial charge in [0.1, 0.15) is 5.82 Å². The van der Waals surface area contributed by atoms with Gasteiger partial charge in [-0.15, -0.1) is 0 Å². The molecular formula is C12H19N5O2S. The third kappa shape index (κ3) is 3.26. The Kier molecular flexibility index (Phi) is 4.24. The third-order valence-corrected chi connectivity index (χ3v) is 4.54. The van der Waals surface area contributed by atoms with Crippen LogP contribution in [0.4, 0.5) is 0 Å². The lowest BCUT2D eigenvalue weighted by atomic mass is 10.1. The first-order valence-corrected chi connectivity index (χ1v) is 7.87. The summed E-state index contributed by atoms with van der Waals surface area (Å²) in [6.07, 6.45) is 4.78. The second kappa shape index (κ2) is 5.76. The van der Waals surface area contributed by atoms with Gasteiger partial charge in [-0.1, -0.05) is 0 Å². The van der Waals surface area contributed by atoms with Gasteiger partial charge in [0, 0.05) is 25.5 Å². The molecular weight excluding hydrogens is 278 g/mol. The zero-order valence-corrected chi connectivity index (χ0v) is 12.7. The molecule has 0 aliphatic rings. The molecule has 0 atom stereocenters. The van der Waals surface area contributed by atoms with E-state index in [4.69, 9.17) is 0 Å². The second-order valence-electron chi connectivity index (χ2n) is 4.76. The van der Waals surface area contributed by atoms with Crippen molar-refractivity contribution >= 4 is 10.0 Å². The van der Waals surface area contributed by atoms with Crippen molar-refractivity contribution in [3.63, 3.8) is 0 Å². The van der Waals surface area contributed by atoms with Crippen molar-refractivity contribution in [2.24, 2.45) is 7.05 Å². The Hall–Kier alpha value is -1.67. The number of hydrogen-bond acceptors (Lipinski definition) is 4. The highest BCUT2D eigenvalue weighted by molar-refractivity contribution is 7.89. The van der Waals surface area contributed by atoms with E-state index in [2.05, 4.69) is 19.9 Å². The van der Waals surface area contributed by atoms with Crippen molar-refractivity contribution in [1.82, 2.24) is 24.5 Å². The molecule has 0 spiro atoms. The number of nitrogens with zero attached hydrogens (tertiary/aromatic N) is 3. The molecule has 0 aliphatic heterocycles. The molecule has 110 valence electrons. The minimum Gasteiger partial charge on any atom is -0.337 e.